The summed E-state index contributed by atoms with van der Waals surface area (Å²) in [7, 11) is 1.93. The van der Waals surface area contributed by atoms with Gasteiger partial charge in [0.05, 0.1) is 13.7 Å². The molecule has 0 saturated heterocycles. The number of halogens is 1. The lowest BCUT2D eigenvalue weighted by molar-refractivity contribution is -0.671. The largest absolute Gasteiger partial charge is 1.00 e. The number of aryl methyl sites for hydroxylation is 1. The molecule has 0 unspecified atom stereocenters. The van der Waals surface area contributed by atoms with Gasteiger partial charge in [0.1, 0.15) is 18.1 Å². The van der Waals surface area contributed by atoms with Crippen molar-refractivity contribution in [1.82, 2.24) is 4.57 Å². The lowest BCUT2D eigenvalue weighted by atomic mass is 10.1. The van der Waals surface area contributed by atoms with Crippen LogP contribution >= 0.6 is 0 Å². The molecule has 0 bridgehead atoms. The maximum absolute atomic E-state index is 12.2. The van der Waals surface area contributed by atoms with E-state index < -0.39 is 0 Å². The van der Waals surface area contributed by atoms with Crippen LogP contribution in [0.4, 0.5) is 0 Å². The predicted octanol–water partition coefficient (Wildman–Crippen LogP) is -1.01. The fourth-order valence-corrected chi connectivity index (χ4v) is 1.83. The zero-order valence-electron chi connectivity index (χ0n) is 11.8. The minimum atomic E-state index is 0. The third kappa shape index (κ3) is 4.49. The van der Waals surface area contributed by atoms with E-state index in [1.807, 2.05) is 59.2 Å². The van der Waals surface area contributed by atoms with Gasteiger partial charge in [-0.15, -0.1) is 0 Å². The van der Waals surface area contributed by atoms with E-state index in [4.69, 9.17) is 4.74 Å². The zero-order chi connectivity index (χ0) is 13.7. The number of imidazole rings is 1. The second kappa shape index (κ2) is 7.85. The van der Waals surface area contributed by atoms with Crippen molar-refractivity contribution in [2.45, 2.75) is 19.9 Å². The predicted molar refractivity (Wildman–Crippen MR) is 72.2 cm³/mol. The Morgan fingerprint density at radius 2 is 2.20 bits per heavy atom. The van der Waals surface area contributed by atoms with Crippen molar-refractivity contribution in [1.29, 1.82) is 0 Å². The minimum Gasteiger partial charge on any atom is -1.00 e. The van der Waals surface area contributed by atoms with Gasteiger partial charge in [-0.1, -0.05) is 19.1 Å². The summed E-state index contributed by atoms with van der Waals surface area (Å²) in [4.78, 5) is 12.2. The highest BCUT2D eigenvalue weighted by atomic mass is 79.9. The van der Waals surface area contributed by atoms with Crippen LogP contribution in [0, 0.1) is 0 Å². The molecular formula is C15H19BrN2O2. The zero-order valence-corrected chi connectivity index (χ0v) is 13.3. The average molecular weight is 339 g/mol. The van der Waals surface area contributed by atoms with Crippen molar-refractivity contribution in [2.24, 2.45) is 7.05 Å². The van der Waals surface area contributed by atoms with Gasteiger partial charge in [-0.2, -0.15) is 0 Å². The number of Topliss-reactive ketones (excluding diaryl/α,β-unsaturated/α-hetero) is 1. The highest BCUT2D eigenvalue weighted by molar-refractivity contribution is 5.96. The molecule has 0 aliphatic rings. The first-order valence-corrected chi connectivity index (χ1v) is 6.46. The van der Waals surface area contributed by atoms with Crippen LogP contribution < -0.4 is 26.3 Å². The number of hydrogen-bond acceptors (Lipinski definition) is 2. The van der Waals surface area contributed by atoms with Gasteiger partial charge in [0, 0.05) is 5.56 Å². The molecule has 0 radical (unpaired) electrons. The second-order valence-corrected chi connectivity index (χ2v) is 4.55. The Kier molecular flexibility index (Phi) is 6.45. The summed E-state index contributed by atoms with van der Waals surface area (Å²) in [6, 6.07) is 7.36. The van der Waals surface area contributed by atoms with E-state index in [1.165, 1.54) is 0 Å². The molecule has 20 heavy (non-hydrogen) atoms. The van der Waals surface area contributed by atoms with Crippen molar-refractivity contribution in [3.8, 4) is 5.75 Å². The normalized spacial score (nSPS) is 9.90. The summed E-state index contributed by atoms with van der Waals surface area (Å²) < 4.78 is 9.31. The molecule has 4 nitrogen and oxygen atoms in total. The van der Waals surface area contributed by atoms with Gasteiger partial charge in [0.25, 0.3) is 0 Å². The second-order valence-electron chi connectivity index (χ2n) is 4.55. The number of carbonyl (C=O) groups is 1. The van der Waals surface area contributed by atoms with Crippen LogP contribution in [0.25, 0.3) is 0 Å². The molecule has 0 aliphatic heterocycles. The number of carbonyl (C=O) groups excluding carboxylic acids is 1. The van der Waals surface area contributed by atoms with Crippen LogP contribution in [0.5, 0.6) is 5.75 Å². The van der Waals surface area contributed by atoms with Crippen LogP contribution in [0.15, 0.2) is 43.0 Å². The van der Waals surface area contributed by atoms with Crippen molar-refractivity contribution in [3.05, 3.63) is 48.5 Å². The van der Waals surface area contributed by atoms with Crippen LogP contribution in [0.1, 0.15) is 23.7 Å². The van der Waals surface area contributed by atoms with Crippen molar-refractivity contribution < 1.29 is 31.1 Å². The summed E-state index contributed by atoms with van der Waals surface area (Å²) in [5.74, 6) is 0.837. The first-order chi connectivity index (χ1) is 9.19. The fraction of sp³-hybridized carbons (Fsp3) is 0.333. The van der Waals surface area contributed by atoms with Gasteiger partial charge in [-0.25, -0.2) is 9.13 Å². The van der Waals surface area contributed by atoms with Crippen LogP contribution in [-0.4, -0.2) is 17.0 Å². The maximum atomic E-state index is 12.2. The summed E-state index contributed by atoms with van der Waals surface area (Å²) in [5, 5.41) is 0. The van der Waals surface area contributed by atoms with Gasteiger partial charge < -0.3 is 21.7 Å². The summed E-state index contributed by atoms with van der Waals surface area (Å²) in [6.45, 7) is 3.07. The Labute approximate surface area is 129 Å². The Morgan fingerprint density at radius 1 is 1.40 bits per heavy atom. The molecular weight excluding hydrogens is 320 g/mol. The molecule has 1 aromatic carbocycles. The number of ether oxygens (including phenoxy) is 1. The number of ketones is 1. The number of nitrogens with zero attached hydrogens (tertiary/aromatic N) is 2. The third-order valence-electron chi connectivity index (χ3n) is 2.78. The van der Waals surface area contributed by atoms with E-state index in [2.05, 4.69) is 6.92 Å². The molecule has 0 amide bonds. The minimum absolute atomic E-state index is 0. The SMILES string of the molecule is CCCOc1cccc(C(=O)Cn2cc[n+](C)c2)c1.[Br-]. The van der Waals surface area contributed by atoms with Crippen LogP contribution in [0.3, 0.4) is 0 Å². The van der Waals surface area contributed by atoms with E-state index >= 15 is 0 Å². The van der Waals surface area contributed by atoms with Gasteiger partial charge in [0.2, 0.25) is 12.1 Å². The van der Waals surface area contributed by atoms with Crippen molar-refractivity contribution in [2.75, 3.05) is 6.61 Å². The molecule has 0 fully saturated rings. The van der Waals surface area contributed by atoms with Gasteiger partial charge >= 0.3 is 0 Å². The smallest absolute Gasteiger partial charge is 0.243 e. The van der Waals surface area contributed by atoms with Crippen LogP contribution in [0.2, 0.25) is 0 Å². The maximum Gasteiger partial charge on any atom is 0.243 e. The lowest BCUT2D eigenvalue weighted by Crippen LogP contribution is -3.00. The van der Waals surface area contributed by atoms with Gasteiger partial charge in [-0.3, -0.25) is 4.79 Å². The van der Waals surface area contributed by atoms with E-state index in [-0.39, 0.29) is 22.8 Å². The molecule has 1 aromatic heterocycles. The monoisotopic (exact) mass is 338 g/mol. The van der Waals surface area contributed by atoms with Gasteiger partial charge in [0.15, 0.2) is 6.54 Å². The molecule has 108 valence electrons. The first-order valence-electron chi connectivity index (χ1n) is 6.46. The lowest BCUT2D eigenvalue weighted by Gasteiger charge is -2.05. The molecule has 0 atom stereocenters. The van der Waals surface area contributed by atoms with E-state index in [9.17, 15) is 4.79 Å². The summed E-state index contributed by atoms with van der Waals surface area (Å²) in [6.07, 6.45) is 6.64. The summed E-state index contributed by atoms with van der Waals surface area (Å²) >= 11 is 0. The number of hydrogen-bond donors (Lipinski definition) is 0. The van der Waals surface area contributed by atoms with Crippen molar-refractivity contribution >= 4 is 5.78 Å². The summed E-state index contributed by atoms with van der Waals surface area (Å²) in [5.41, 5.74) is 0.685. The van der Waals surface area contributed by atoms with Gasteiger partial charge in [-0.05, 0) is 18.6 Å². The Morgan fingerprint density at radius 3 is 2.85 bits per heavy atom. The average Bonchev–Trinajstić information content (AvgIpc) is 2.82. The van der Waals surface area contributed by atoms with E-state index in [0.717, 1.165) is 12.2 Å². The molecule has 0 N–H and O–H groups in total. The standard InChI is InChI=1S/C15H19N2O2.BrH/c1-3-9-19-14-6-4-5-13(10-14)15(18)11-17-8-7-16(2)12-17;/h4-8,10,12H,3,9,11H2,1-2H3;1H/q+1;/p-1. The van der Waals surface area contributed by atoms with E-state index in [0.29, 0.717) is 18.7 Å². The highest BCUT2D eigenvalue weighted by Gasteiger charge is 2.11. The molecule has 1 heterocycles. The highest BCUT2D eigenvalue weighted by Crippen LogP contribution is 2.14. The number of rotatable bonds is 6. The molecule has 0 spiro atoms. The molecule has 2 aromatic rings. The molecule has 2 rings (SSSR count). The topological polar surface area (TPSA) is 35.1 Å². The number of benzene rings is 1. The van der Waals surface area contributed by atoms with Crippen LogP contribution in [-0.2, 0) is 13.6 Å². The van der Waals surface area contributed by atoms with Crippen molar-refractivity contribution in [3.63, 3.8) is 0 Å². The quantitative estimate of drug-likeness (QED) is 0.499. The number of aromatic nitrogens is 2. The van der Waals surface area contributed by atoms with E-state index in [1.54, 1.807) is 0 Å². The molecule has 5 heteroatoms. The Balaban J connectivity index is 0.00000200. The molecule has 0 saturated carbocycles. The Hall–Kier alpha value is -1.62. The third-order valence-corrected chi connectivity index (χ3v) is 2.78. The molecule has 0 aliphatic carbocycles. The fourth-order valence-electron chi connectivity index (χ4n) is 1.83. The first kappa shape index (κ1) is 16.4. The Bertz CT molecular complexity index is 567.